The molecule has 0 saturated heterocycles. The van der Waals surface area contributed by atoms with Gasteiger partial charge in [-0.3, -0.25) is 9.36 Å². The van der Waals surface area contributed by atoms with Crippen LogP contribution in [0.1, 0.15) is 12.5 Å². The van der Waals surface area contributed by atoms with Crippen molar-refractivity contribution in [1.29, 1.82) is 0 Å². The fourth-order valence-electron chi connectivity index (χ4n) is 3.17. The lowest BCUT2D eigenvalue weighted by atomic mass is 10.2. The molecule has 0 aliphatic heterocycles. The zero-order valence-corrected chi connectivity index (χ0v) is 14.4. The molecule has 130 valence electrons. The second-order valence-corrected chi connectivity index (χ2v) is 6.03. The Morgan fingerprint density at radius 1 is 0.923 bits per heavy atom. The molecule has 0 amide bonds. The third-order valence-electron chi connectivity index (χ3n) is 4.43. The topological polar surface area (TPSA) is 61.8 Å². The average molecular weight is 346 g/mol. The van der Waals surface area contributed by atoms with E-state index in [0.29, 0.717) is 29.9 Å². The maximum absolute atomic E-state index is 12.9. The van der Waals surface area contributed by atoms with Gasteiger partial charge in [-0.25, -0.2) is 14.3 Å². The maximum Gasteiger partial charge on any atom is 0.337 e. The first-order valence-corrected chi connectivity index (χ1v) is 8.50. The molecule has 2 aromatic carbocycles. The van der Waals surface area contributed by atoms with Gasteiger partial charge in [-0.2, -0.15) is 0 Å². The third kappa shape index (κ3) is 2.56. The maximum atomic E-state index is 12.9. The lowest BCUT2D eigenvalue weighted by Crippen LogP contribution is -2.39. The quantitative estimate of drug-likeness (QED) is 0.570. The predicted molar refractivity (Wildman–Crippen MR) is 101 cm³/mol. The molecule has 0 aliphatic carbocycles. The predicted octanol–water partition coefficient (Wildman–Crippen LogP) is 2.42. The Hall–Kier alpha value is -3.41. The summed E-state index contributed by atoms with van der Waals surface area (Å²) in [5.74, 6) is 0. The van der Waals surface area contributed by atoms with E-state index in [2.05, 4.69) is 4.98 Å². The summed E-state index contributed by atoms with van der Waals surface area (Å²) in [7, 11) is 0. The van der Waals surface area contributed by atoms with Gasteiger partial charge in [-0.05, 0) is 24.6 Å². The Balaban J connectivity index is 2.02. The van der Waals surface area contributed by atoms with Crippen LogP contribution >= 0.6 is 0 Å². The van der Waals surface area contributed by atoms with Crippen molar-refractivity contribution in [2.24, 2.45) is 0 Å². The molecule has 0 atom stereocenters. The summed E-state index contributed by atoms with van der Waals surface area (Å²) in [6.45, 7) is 2.61. The first-order chi connectivity index (χ1) is 12.7. The van der Waals surface area contributed by atoms with Crippen molar-refractivity contribution in [3.05, 3.63) is 93.4 Å². The van der Waals surface area contributed by atoms with Gasteiger partial charge in [0.2, 0.25) is 0 Å². The van der Waals surface area contributed by atoms with Gasteiger partial charge >= 0.3 is 5.69 Å². The van der Waals surface area contributed by atoms with E-state index in [1.165, 1.54) is 9.13 Å². The molecule has 26 heavy (non-hydrogen) atoms. The highest BCUT2D eigenvalue weighted by Crippen LogP contribution is 2.14. The first kappa shape index (κ1) is 16.1. The third-order valence-corrected chi connectivity index (χ3v) is 4.43. The Morgan fingerprint density at radius 3 is 2.23 bits per heavy atom. The molecular weight excluding hydrogens is 328 g/mol. The minimum absolute atomic E-state index is 0.303. The molecule has 4 aromatic rings. The Labute approximate surface area is 149 Å². The van der Waals surface area contributed by atoms with Gasteiger partial charge in [-0.15, -0.1) is 0 Å². The van der Waals surface area contributed by atoms with Crippen molar-refractivity contribution in [2.75, 3.05) is 0 Å². The van der Waals surface area contributed by atoms with Crippen molar-refractivity contribution in [2.45, 2.75) is 20.0 Å². The highest BCUT2D eigenvalue weighted by atomic mass is 16.2. The molecule has 0 radical (unpaired) electrons. The highest BCUT2D eigenvalue weighted by molar-refractivity contribution is 5.72. The second kappa shape index (κ2) is 6.48. The van der Waals surface area contributed by atoms with E-state index >= 15 is 0 Å². The number of rotatable bonds is 4. The second-order valence-electron chi connectivity index (χ2n) is 6.03. The fraction of sp³-hybridized carbons (Fsp3) is 0.150. The summed E-state index contributed by atoms with van der Waals surface area (Å²) in [6, 6.07) is 19.1. The van der Waals surface area contributed by atoms with E-state index < -0.39 is 0 Å². The minimum atomic E-state index is -0.374. The molecule has 0 unspecified atom stereocenters. The minimum Gasteiger partial charge on any atom is -0.320 e. The summed E-state index contributed by atoms with van der Waals surface area (Å²) >= 11 is 0. The van der Waals surface area contributed by atoms with Crippen molar-refractivity contribution < 1.29 is 0 Å². The van der Waals surface area contributed by atoms with E-state index in [9.17, 15) is 9.59 Å². The average Bonchev–Trinajstić information content (AvgIpc) is 3.07. The standard InChI is InChI=1S/C20H18N4O2/c1-2-23-19(25)17-18(24(20(23)26)16-11-7-4-8-12-16)21-14-22(17)13-15-9-5-3-6-10-15/h3-12,14H,2,13H2,1H3. The molecule has 6 nitrogen and oxygen atoms in total. The van der Waals surface area contributed by atoms with Crippen LogP contribution in [0.5, 0.6) is 0 Å². The number of nitrogens with zero attached hydrogens (tertiary/aromatic N) is 4. The van der Waals surface area contributed by atoms with Gasteiger partial charge in [0.1, 0.15) is 0 Å². The molecule has 4 rings (SSSR count). The van der Waals surface area contributed by atoms with Crippen LogP contribution in [0.4, 0.5) is 0 Å². The molecule has 0 bridgehead atoms. The van der Waals surface area contributed by atoms with Crippen LogP contribution < -0.4 is 11.2 Å². The molecule has 6 heteroatoms. The van der Waals surface area contributed by atoms with Crippen LogP contribution in [0.25, 0.3) is 16.9 Å². The van der Waals surface area contributed by atoms with E-state index in [4.69, 9.17) is 0 Å². The summed E-state index contributed by atoms with van der Waals surface area (Å²) < 4.78 is 4.55. The lowest BCUT2D eigenvalue weighted by molar-refractivity contribution is 0.655. The summed E-state index contributed by atoms with van der Waals surface area (Å²) in [5.41, 5.74) is 1.88. The monoisotopic (exact) mass is 346 g/mol. The number of hydrogen-bond acceptors (Lipinski definition) is 3. The van der Waals surface area contributed by atoms with Crippen LogP contribution in [0.2, 0.25) is 0 Å². The number of hydrogen-bond donors (Lipinski definition) is 0. The largest absolute Gasteiger partial charge is 0.337 e. The number of fused-ring (bicyclic) bond motifs is 1. The molecule has 0 fully saturated rings. The van der Waals surface area contributed by atoms with Gasteiger partial charge in [0, 0.05) is 13.1 Å². The molecule has 0 saturated carbocycles. The van der Waals surface area contributed by atoms with Crippen molar-refractivity contribution in [1.82, 2.24) is 18.7 Å². The Kier molecular flexibility index (Phi) is 4.01. The summed E-state index contributed by atoms with van der Waals surface area (Å²) in [5, 5.41) is 0. The summed E-state index contributed by atoms with van der Waals surface area (Å²) in [6.07, 6.45) is 1.62. The van der Waals surface area contributed by atoms with Crippen molar-refractivity contribution in [3.8, 4) is 5.69 Å². The van der Waals surface area contributed by atoms with Crippen LogP contribution in [0, 0.1) is 0 Å². The van der Waals surface area contributed by atoms with E-state index in [0.717, 1.165) is 5.56 Å². The van der Waals surface area contributed by atoms with Crippen LogP contribution in [0.15, 0.2) is 76.6 Å². The van der Waals surface area contributed by atoms with Crippen LogP contribution in [0.3, 0.4) is 0 Å². The highest BCUT2D eigenvalue weighted by Gasteiger charge is 2.18. The Morgan fingerprint density at radius 2 is 1.58 bits per heavy atom. The first-order valence-electron chi connectivity index (χ1n) is 8.50. The Bertz CT molecular complexity index is 1170. The number of benzene rings is 2. The number of aromatic nitrogens is 4. The zero-order chi connectivity index (χ0) is 18.1. The molecule has 0 spiro atoms. The molecule has 0 aliphatic rings. The van der Waals surface area contributed by atoms with Gasteiger partial charge in [0.05, 0.1) is 12.0 Å². The molecular formula is C20H18N4O2. The van der Waals surface area contributed by atoms with Crippen molar-refractivity contribution in [3.63, 3.8) is 0 Å². The fourth-order valence-corrected chi connectivity index (χ4v) is 3.17. The normalized spacial score (nSPS) is 11.1. The SMILES string of the molecule is CCn1c(=O)c2c(ncn2Cc2ccccc2)n(-c2ccccc2)c1=O. The van der Waals surface area contributed by atoms with E-state index in [1.54, 1.807) is 17.8 Å². The van der Waals surface area contributed by atoms with E-state index in [-0.39, 0.29) is 11.2 Å². The molecule has 2 heterocycles. The van der Waals surface area contributed by atoms with Gasteiger partial charge < -0.3 is 4.57 Å². The van der Waals surface area contributed by atoms with Gasteiger partial charge in [0.25, 0.3) is 5.56 Å². The van der Waals surface area contributed by atoms with Crippen LogP contribution in [-0.2, 0) is 13.1 Å². The van der Waals surface area contributed by atoms with E-state index in [1.807, 2.05) is 60.7 Å². The number of imidazole rings is 1. The number of para-hydroxylation sites is 1. The zero-order valence-electron chi connectivity index (χ0n) is 14.4. The molecule has 2 aromatic heterocycles. The van der Waals surface area contributed by atoms with Gasteiger partial charge in [0.15, 0.2) is 11.2 Å². The lowest BCUT2D eigenvalue weighted by Gasteiger charge is -2.11. The van der Waals surface area contributed by atoms with Crippen LogP contribution in [-0.4, -0.2) is 18.7 Å². The summed E-state index contributed by atoms with van der Waals surface area (Å²) in [4.78, 5) is 30.2. The smallest absolute Gasteiger partial charge is 0.320 e. The van der Waals surface area contributed by atoms with Gasteiger partial charge in [-0.1, -0.05) is 48.5 Å². The van der Waals surface area contributed by atoms with Crippen molar-refractivity contribution >= 4 is 11.2 Å². The molecule has 0 N–H and O–H groups in total.